The first-order chi connectivity index (χ1) is 9.73. The van der Waals surface area contributed by atoms with Crippen molar-refractivity contribution in [1.82, 2.24) is 15.1 Å². The van der Waals surface area contributed by atoms with Crippen LogP contribution in [0.5, 0.6) is 0 Å². The van der Waals surface area contributed by atoms with Gasteiger partial charge in [0.25, 0.3) is 0 Å². The minimum Gasteiger partial charge on any atom is -0.379 e. The minimum absolute atomic E-state index is 0.0334. The van der Waals surface area contributed by atoms with E-state index in [1.165, 1.54) is 5.69 Å². The van der Waals surface area contributed by atoms with Crippen molar-refractivity contribution in [2.75, 3.05) is 13.7 Å². The number of nitrogens with one attached hydrogen (secondary N) is 1. The van der Waals surface area contributed by atoms with Crippen molar-refractivity contribution in [3.8, 4) is 0 Å². The molecule has 1 rings (SSSR count). The summed E-state index contributed by atoms with van der Waals surface area (Å²) >= 11 is 3.66. The predicted octanol–water partition coefficient (Wildman–Crippen LogP) is 4.33. The Morgan fingerprint density at radius 3 is 2.43 bits per heavy atom. The Morgan fingerprint density at radius 2 is 2.00 bits per heavy atom. The number of ether oxygens (including phenoxy) is 1. The highest BCUT2D eigenvalue weighted by atomic mass is 79.9. The zero-order chi connectivity index (χ0) is 16.2. The van der Waals surface area contributed by atoms with Crippen LogP contribution in [0.4, 0.5) is 0 Å². The molecule has 122 valence electrons. The summed E-state index contributed by atoms with van der Waals surface area (Å²) in [6, 6.07) is 0.420. The molecule has 0 amide bonds. The fourth-order valence-electron chi connectivity index (χ4n) is 2.69. The first-order valence-corrected chi connectivity index (χ1v) is 8.52. The zero-order valence-corrected chi connectivity index (χ0v) is 16.0. The molecule has 0 aliphatic heterocycles. The summed E-state index contributed by atoms with van der Waals surface area (Å²) in [7, 11) is 1.79. The summed E-state index contributed by atoms with van der Waals surface area (Å²) in [5.41, 5.74) is 1.20. The minimum atomic E-state index is 0.0334. The number of nitrogens with zero attached hydrogens (tertiary/aromatic N) is 2. The predicted molar refractivity (Wildman–Crippen MR) is 91.6 cm³/mol. The van der Waals surface area contributed by atoms with E-state index in [4.69, 9.17) is 4.74 Å². The Kier molecular flexibility index (Phi) is 6.88. The molecule has 0 saturated carbocycles. The Balaban J connectivity index is 3.28. The van der Waals surface area contributed by atoms with Gasteiger partial charge in [-0.05, 0) is 48.2 Å². The summed E-state index contributed by atoms with van der Waals surface area (Å²) in [5, 5.41) is 8.17. The van der Waals surface area contributed by atoms with Gasteiger partial charge in [-0.2, -0.15) is 5.10 Å². The van der Waals surface area contributed by atoms with Crippen molar-refractivity contribution in [1.29, 1.82) is 0 Å². The number of aromatic nitrogens is 2. The molecule has 0 aliphatic carbocycles. The van der Waals surface area contributed by atoms with Gasteiger partial charge in [-0.15, -0.1) is 0 Å². The van der Waals surface area contributed by atoms with Crippen LogP contribution in [0.25, 0.3) is 0 Å². The molecule has 0 saturated heterocycles. The van der Waals surface area contributed by atoms with E-state index < -0.39 is 0 Å². The van der Waals surface area contributed by atoms with E-state index in [0.717, 1.165) is 17.4 Å². The highest BCUT2D eigenvalue weighted by Crippen LogP contribution is 2.36. The van der Waals surface area contributed by atoms with Gasteiger partial charge in [-0.3, -0.25) is 4.68 Å². The molecule has 0 fully saturated rings. The van der Waals surface area contributed by atoms with Crippen LogP contribution < -0.4 is 5.32 Å². The summed E-state index contributed by atoms with van der Waals surface area (Å²) in [6.07, 6.45) is 3.03. The maximum Gasteiger partial charge on any atom is 0.0829 e. The third-order valence-corrected chi connectivity index (χ3v) is 4.21. The molecule has 1 aromatic heterocycles. The van der Waals surface area contributed by atoms with Crippen LogP contribution in [0, 0.1) is 5.41 Å². The Morgan fingerprint density at radius 1 is 1.38 bits per heavy atom. The number of halogens is 1. The molecule has 4 nitrogen and oxygen atoms in total. The molecule has 1 aromatic rings. The second-order valence-electron chi connectivity index (χ2n) is 6.87. The second kappa shape index (κ2) is 7.75. The molecule has 0 aliphatic rings. The van der Waals surface area contributed by atoms with Crippen molar-refractivity contribution < 1.29 is 4.74 Å². The lowest BCUT2D eigenvalue weighted by Crippen LogP contribution is -2.43. The molecule has 5 heteroatoms. The average molecular weight is 360 g/mol. The van der Waals surface area contributed by atoms with Crippen LogP contribution in [-0.4, -0.2) is 29.5 Å². The van der Waals surface area contributed by atoms with Crippen LogP contribution in [0.15, 0.2) is 10.7 Å². The van der Waals surface area contributed by atoms with Crippen molar-refractivity contribution >= 4 is 15.9 Å². The monoisotopic (exact) mass is 359 g/mol. The van der Waals surface area contributed by atoms with Crippen LogP contribution in [0.1, 0.15) is 65.7 Å². The van der Waals surface area contributed by atoms with Crippen LogP contribution in [0.3, 0.4) is 0 Å². The first-order valence-electron chi connectivity index (χ1n) is 7.73. The van der Waals surface area contributed by atoms with Gasteiger partial charge in [-0.25, -0.2) is 0 Å². The molecule has 2 atom stereocenters. The van der Waals surface area contributed by atoms with E-state index in [1.807, 2.05) is 6.20 Å². The lowest BCUT2D eigenvalue weighted by Gasteiger charge is -2.37. The van der Waals surface area contributed by atoms with Gasteiger partial charge < -0.3 is 10.1 Å². The highest BCUT2D eigenvalue weighted by molar-refractivity contribution is 9.10. The highest BCUT2D eigenvalue weighted by Gasteiger charge is 2.36. The summed E-state index contributed by atoms with van der Waals surface area (Å²) in [5.74, 6) is 0. The number of methoxy groups -OCH3 is 1. The molecule has 0 bridgehead atoms. The van der Waals surface area contributed by atoms with Crippen molar-refractivity contribution in [2.24, 2.45) is 5.41 Å². The van der Waals surface area contributed by atoms with Crippen molar-refractivity contribution in [3.63, 3.8) is 0 Å². The topological polar surface area (TPSA) is 39.1 Å². The van der Waals surface area contributed by atoms with Gasteiger partial charge >= 0.3 is 0 Å². The smallest absolute Gasteiger partial charge is 0.0829 e. The molecular formula is C16H30BrN3O. The quantitative estimate of drug-likeness (QED) is 0.787. The van der Waals surface area contributed by atoms with Crippen LogP contribution >= 0.6 is 15.9 Å². The standard InChI is InChI=1S/C16H30BrN3O/c1-8-9-18-13(15(21-7)16(4,5)6)14-12(17)10-19-20(14)11(2)3/h10-11,13,15,18H,8-9H2,1-7H3. The third-order valence-electron chi connectivity index (χ3n) is 3.60. The fourth-order valence-corrected chi connectivity index (χ4v) is 3.21. The van der Waals surface area contributed by atoms with Crippen LogP contribution in [-0.2, 0) is 4.74 Å². The van der Waals surface area contributed by atoms with E-state index in [-0.39, 0.29) is 17.6 Å². The van der Waals surface area contributed by atoms with E-state index in [2.05, 4.69) is 72.6 Å². The first kappa shape index (κ1) is 18.7. The number of hydrogen-bond donors (Lipinski definition) is 1. The molecular weight excluding hydrogens is 330 g/mol. The molecule has 0 aromatic carbocycles. The Labute approximate surface area is 137 Å². The van der Waals surface area contributed by atoms with E-state index in [0.29, 0.717) is 6.04 Å². The number of hydrogen-bond acceptors (Lipinski definition) is 3. The summed E-state index contributed by atoms with van der Waals surface area (Å²) < 4.78 is 8.98. The molecule has 2 unspecified atom stereocenters. The largest absolute Gasteiger partial charge is 0.379 e. The van der Waals surface area contributed by atoms with Gasteiger partial charge in [0, 0.05) is 13.2 Å². The van der Waals surface area contributed by atoms with Crippen molar-refractivity contribution in [3.05, 3.63) is 16.4 Å². The second-order valence-corrected chi connectivity index (χ2v) is 7.72. The summed E-state index contributed by atoms with van der Waals surface area (Å²) in [6.45, 7) is 14.1. The maximum atomic E-state index is 5.86. The molecule has 0 radical (unpaired) electrons. The number of rotatable bonds is 7. The lowest BCUT2D eigenvalue weighted by atomic mass is 9.83. The van der Waals surface area contributed by atoms with Gasteiger partial charge in [0.1, 0.15) is 0 Å². The van der Waals surface area contributed by atoms with Gasteiger partial charge in [0.15, 0.2) is 0 Å². The molecule has 0 spiro atoms. The normalized spacial score (nSPS) is 15.5. The van der Waals surface area contributed by atoms with Crippen LogP contribution in [0.2, 0.25) is 0 Å². The fraction of sp³-hybridized carbons (Fsp3) is 0.812. The summed E-state index contributed by atoms with van der Waals surface area (Å²) in [4.78, 5) is 0. The van der Waals surface area contributed by atoms with Gasteiger partial charge in [-0.1, -0.05) is 27.7 Å². The Bertz CT molecular complexity index is 437. The van der Waals surface area contributed by atoms with E-state index in [1.54, 1.807) is 7.11 Å². The SMILES string of the molecule is CCCNC(c1c(Br)cnn1C(C)C)C(OC)C(C)(C)C. The lowest BCUT2D eigenvalue weighted by molar-refractivity contribution is -0.0144. The van der Waals surface area contributed by atoms with Gasteiger partial charge in [0.2, 0.25) is 0 Å². The molecule has 1 N–H and O–H groups in total. The third kappa shape index (κ3) is 4.54. The molecule has 21 heavy (non-hydrogen) atoms. The average Bonchev–Trinajstić information content (AvgIpc) is 2.75. The van der Waals surface area contributed by atoms with Gasteiger partial charge in [0.05, 0.1) is 28.5 Å². The Hall–Kier alpha value is -0.390. The molecule has 1 heterocycles. The maximum absolute atomic E-state index is 5.86. The zero-order valence-electron chi connectivity index (χ0n) is 14.4. The van der Waals surface area contributed by atoms with Crippen molar-refractivity contribution in [2.45, 2.75) is 66.2 Å². The van der Waals surface area contributed by atoms with E-state index in [9.17, 15) is 0 Å². The van der Waals surface area contributed by atoms with E-state index >= 15 is 0 Å².